The van der Waals surface area contributed by atoms with Gasteiger partial charge in [0, 0.05) is 18.6 Å². The van der Waals surface area contributed by atoms with E-state index in [0.29, 0.717) is 0 Å². The molecule has 0 saturated heterocycles. The van der Waals surface area contributed by atoms with Crippen molar-refractivity contribution in [3.63, 3.8) is 0 Å². The summed E-state index contributed by atoms with van der Waals surface area (Å²) in [5.41, 5.74) is 1.48. The van der Waals surface area contributed by atoms with Crippen LogP contribution in [0.1, 0.15) is 18.9 Å². The zero-order chi connectivity index (χ0) is 10.6. The van der Waals surface area contributed by atoms with Gasteiger partial charge in [0.15, 0.2) is 0 Å². The maximum absolute atomic E-state index is 4.15. The minimum atomic E-state index is 0.190. The summed E-state index contributed by atoms with van der Waals surface area (Å²) < 4.78 is 1.84. The highest BCUT2D eigenvalue weighted by molar-refractivity contribution is 9.09. The number of rotatable bonds is 5. The van der Waals surface area contributed by atoms with Gasteiger partial charge in [0.2, 0.25) is 0 Å². The summed E-state index contributed by atoms with van der Waals surface area (Å²) in [5, 5.41) is 5.11. The number of hydrogen-bond donors (Lipinski definition) is 0. The Morgan fingerprint density at radius 1 is 1.71 bits per heavy atom. The van der Waals surface area contributed by atoms with Gasteiger partial charge in [0.25, 0.3) is 0 Å². The summed E-state index contributed by atoms with van der Waals surface area (Å²) >= 11 is 3.52. The fourth-order valence-electron chi connectivity index (χ4n) is 1.25. The van der Waals surface area contributed by atoms with Crippen LogP contribution in [0, 0.1) is 5.41 Å². The SMILES string of the molecule is C=CC(C)(CBr)CCc1cnn(C)c1. The number of nitrogens with zero attached hydrogens (tertiary/aromatic N) is 2. The number of aryl methyl sites for hydroxylation is 2. The van der Waals surface area contributed by atoms with Gasteiger partial charge in [0.1, 0.15) is 0 Å². The molecule has 1 atom stereocenters. The number of hydrogen-bond acceptors (Lipinski definition) is 1. The highest BCUT2D eigenvalue weighted by Gasteiger charge is 2.18. The van der Waals surface area contributed by atoms with Crippen molar-refractivity contribution in [2.24, 2.45) is 12.5 Å². The molecular weight excluding hydrogens is 240 g/mol. The van der Waals surface area contributed by atoms with Crippen LogP contribution in [0.25, 0.3) is 0 Å². The zero-order valence-electron chi connectivity index (χ0n) is 8.83. The third kappa shape index (κ3) is 2.98. The molecule has 0 spiro atoms. The smallest absolute Gasteiger partial charge is 0.0521 e. The number of allylic oxidation sites excluding steroid dienone is 1. The molecule has 78 valence electrons. The molecule has 0 bridgehead atoms. The van der Waals surface area contributed by atoms with E-state index in [9.17, 15) is 0 Å². The Morgan fingerprint density at radius 3 is 2.86 bits per heavy atom. The Kier molecular flexibility index (Phi) is 3.93. The first-order valence-electron chi connectivity index (χ1n) is 4.77. The van der Waals surface area contributed by atoms with Crippen molar-refractivity contribution in [2.75, 3.05) is 5.33 Å². The minimum Gasteiger partial charge on any atom is -0.276 e. The lowest BCUT2D eigenvalue weighted by atomic mass is 9.87. The molecular formula is C11H17BrN2. The molecule has 14 heavy (non-hydrogen) atoms. The fraction of sp³-hybridized carbons (Fsp3) is 0.545. The van der Waals surface area contributed by atoms with E-state index in [1.165, 1.54) is 5.56 Å². The molecule has 1 unspecified atom stereocenters. The van der Waals surface area contributed by atoms with Crippen molar-refractivity contribution in [1.82, 2.24) is 9.78 Å². The Bertz CT molecular complexity index is 306. The van der Waals surface area contributed by atoms with Crippen LogP contribution in [0.3, 0.4) is 0 Å². The molecule has 0 amide bonds. The van der Waals surface area contributed by atoms with Gasteiger partial charge in [-0.1, -0.05) is 28.9 Å². The van der Waals surface area contributed by atoms with Gasteiger partial charge >= 0.3 is 0 Å². The maximum atomic E-state index is 4.15. The molecule has 3 heteroatoms. The van der Waals surface area contributed by atoms with Crippen LogP contribution in [-0.4, -0.2) is 15.1 Å². The third-order valence-corrected chi connectivity index (χ3v) is 3.82. The molecule has 0 saturated carbocycles. The highest BCUT2D eigenvalue weighted by atomic mass is 79.9. The molecule has 0 N–H and O–H groups in total. The normalized spacial score (nSPS) is 15.1. The monoisotopic (exact) mass is 256 g/mol. The first-order chi connectivity index (χ1) is 6.59. The molecule has 0 aromatic carbocycles. The second kappa shape index (κ2) is 4.78. The number of alkyl halides is 1. The van der Waals surface area contributed by atoms with Gasteiger partial charge in [-0.25, -0.2) is 0 Å². The van der Waals surface area contributed by atoms with Gasteiger partial charge < -0.3 is 0 Å². The average molecular weight is 257 g/mol. The Morgan fingerprint density at radius 2 is 2.43 bits per heavy atom. The Balaban J connectivity index is 2.51. The first-order valence-corrected chi connectivity index (χ1v) is 5.89. The van der Waals surface area contributed by atoms with Gasteiger partial charge in [0.05, 0.1) is 6.20 Å². The first kappa shape index (κ1) is 11.5. The van der Waals surface area contributed by atoms with E-state index < -0.39 is 0 Å². The number of aromatic nitrogens is 2. The summed E-state index contributed by atoms with van der Waals surface area (Å²) in [7, 11) is 1.95. The highest BCUT2D eigenvalue weighted by Crippen LogP contribution is 2.26. The van der Waals surface area contributed by atoms with E-state index in [-0.39, 0.29) is 5.41 Å². The van der Waals surface area contributed by atoms with Crippen molar-refractivity contribution in [1.29, 1.82) is 0 Å². The molecule has 0 aliphatic carbocycles. The average Bonchev–Trinajstić information content (AvgIpc) is 2.61. The quantitative estimate of drug-likeness (QED) is 0.585. The standard InChI is InChI=1S/C11H17BrN2/c1-4-11(2,9-12)6-5-10-7-13-14(3)8-10/h4,7-8H,1,5-6,9H2,2-3H3. The lowest BCUT2D eigenvalue weighted by Crippen LogP contribution is -2.15. The summed E-state index contributed by atoms with van der Waals surface area (Å²) in [5.74, 6) is 0. The van der Waals surface area contributed by atoms with Crippen LogP contribution < -0.4 is 0 Å². The molecule has 0 aliphatic heterocycles. The van der Waals surface area contributed by atoms with Crippen LogP contribution >= 0.6 is 15.9 Å². The van der Waals surface area contributed by atoms with Gasteiger partial charge in [-0.05, 0) is 23.8 Å². The lowest BCUT2D eigenvalue weighted by Gasteiger charge is -2.22. The number of halogens is 1. The van der Waals surface area contributed by atoms with E-state index in [1.54, 1.807) is 0 Å². The maximum Gasteiger partial charge on any atom is 0.0521 e. The summed E-state index contributed by atoms with van der Waals surface area (Å²) in [6.45, 7) is 6.08. The van der Waals surface area contributed by atoms with Crippen molar-refractivity contribution in [2.45, 2.75) is 19.8 Å². The van der Waals surface area contributed by atoms with E-state index in [1.807, 2.05) is 24.0 Å². The van der Waals surface area contributed by atoms with Crippen LogP contribution in [0.4, 0.5) is 0 Å². The van der Waals surface area contributed by atoms with Crippen LogP contribution in [-0.2, 0) is 13.5 Å². The topological polar surface area (TPSA) is 17.8 Å². The zero-order valence-corrected chi connectivity index (χ0v) is 10.4. The summed E-state index contributed by atoms with van der Waals surface area (Å²) in [6, 6.07) is 0. The molecule has 0 radical (unpaired) electrons. The summed E-state index contributed by atoms with van der Waals surface area (Å²) in [4.78, 5) is 0. The predicted molar refractivity (Wildman–Crippen MR) is 63.6 cm³/mol. The van der Waals surface area contributed by atoms with Crippen LogP contribution in [0.2, 0.25) is 0 Å². The molecule has 1 heterocycles. The van der Waals surface area contributed by atoms with Crippen LogP contribution in [0.15, 0.2) is 25.0 Å². The minimum absolute atomic E-state index is 0.190. The van der Waals surface area contributed by atoms with Gasteiger partial charge in [-0.2, -0.15) is 5.10 Å². The molecule has 1 aromatic rings. The lowest BCUT2D eigenvalue weighted by molar-refractivity contribution is 0.452. The second-order valence-corrected chi connectivity index (χ2v) is 4.57. The fourth-order valence-corrected chi connectivity index (χ4v) is 1.76. The van der Waals surface area contributed by atoms with E-state index in [2.05, 4.69) is 40.7 Å². The van der Waals surface area contributed by atoms with Crippen molar-refractivity contribution >= 4 is 15.9 Å². The van der Waals surface area contributed by atoms with E-state index in [0.717, 1.165) is 18.2 Å². The van der Waals surface area contributed by atoms with Gasteiger partial charge in [-0.15, -0.1) is 6.58 Å². The van der Waals surface area contributed by atoms with Crippen molar-refractivity contribution in [3.8, 4) is 0 Å². The van der Waals surface area contributed by atoms with E-state index in [4.69, 9.17) is 0 Å². The Labute approximate surface area is 94.1 Å². The largest absolute Gasteiger partial charge is 0.276 e. The molecule has 2 nitrogen and oxygen atoms in total. The molecule has 1 aromatic heterocycles. The Hall–Kier alpha value is -0.570. The van der Waals surface area contributed by atoms with E-state index >= 15 is 0 Å². The molecule has 0 aliphatic rings. The molecule has 1 rings (SSSR count). The van der Waals surface area contributed by atoms with Crippen LogP contribution in [0.5, 0.6) is 0 Å². The molecule has 0 fully saturated rings. The third-order valence-electron chi connectivity index (χ3n) is 2.54. The second-order valence-electron chi connectivity index (χ2n) is 4.01. The van der Waals surface area contributed by atoms with Crippen molar-refractivity contribution in [3.05, 3.63) is 30.6 Å². The van der Waals surface area contributed by atoms with Gasteiger partial charge in [-0.3, -0.25) is 4.68 Å². The predicted octanol–water partition coefficient (Wildman–Crippen LogP) is 2.94. The van der Waals surface area contributed by atoms with Crippen molar-refractivity contribution < 1.29 is 0 Å². The summed E-state index contributed by atoms with van der Waals surface area (Å²) in [6.07, 6.45) is 8.18.